The second-order valence-electron chi connectivity index (χ2n) is 3.16. The predicted octanol–water partition coefficient (Wildman–Crippen LogP) is 3.43. The van der Waals surface area contributed by atoms with Crippen LogP contribution in [0.15, 0.2) is 17.6 Å². The second-order valence-corrected chi connectivity index (χ2v) is 5.39. The van der Waals surface area contributed by atoms with Crippen LogP contribution in [0.3, 0.4) is 0 Å². The Morgan fingerprint density at radius 3 is 2.86 bits per heavy atom. The number of thiophene rings is 1. The topological polar surface area (TPSA) is 24.9 Å². The number of thiazole rings is 1. The smallest absolute Gasteiger partial charge is 0.183 e. The standard InChI is InChI=1S/C10H12N2S2/c1-7-3-4-13-9(7)6-12-10-11-5-8(2)14-10/h3-5H,6H2,1-2H3,(H,11,12). The zero-order valence-corrected chi connectivity index (χ0v) is 9.84. The summed E-state index contributed by atoms with van der Waals surface area (Å²) in [7, 11) is 0. The predicted molar refractivity (Wildman–Crippen MR) is 63.2 cm³/mol. The first-order valence-electron chi connectivity index (χ1n) is 4.45. The number of hydrogen-bond acceptors (Lipinski definition) is 4. The van der Waals surface area contributed by atoms with Gasteiger partial charge < -0.3 is 5.32 Å². The third-order valence-corrected chi connectivity index (χ3v) is 3.88. The summed E-state index contributed by atoms with van der Waals surface area (Å²) in [6, 6.07) is 2.15. The summed E-state index contributed by atoms with van der Waals surface area (Å²) >= 11 is 3.49. The van der Waals surface area contributed by atoms with Gasteiger partial charge in [-0.3, -0.25) is 0 Å². The molecule has 0 spiro atoms. The monoisotopic (exact) mass is 224 g/mol. The highest BCUT2D eigenvalue weighted by molar-refractivity contribution is 7.15. The highest BCUT2D eigenvalue weighted by Crippen LogP contribution is 2.20. The minimum absolute atomic E-state index is 0.885. The lowest BCUT2D eigenvalue weighted by Crippen LogP contribution is -1.97. The van der Waals surface area contributed by atoms with Crippen LogP contribution >= 0.6 is 22.7 Å². The van der Waals surface area contributed by atoms with Crippen molar-refractivity contribution in [2.75, 3.05) is 5.32 Å². The molecule has 0 fully saturated rings. The van der Waals surface area contributed by atoms with E-state index >= 15 is 0 Å². The van der Waals surface area contributed by atoms with Crippen molar-refractivity contribution >= 4 is 27.8 Å². The van der Waals surface area contributed by atoms with Crippen LogP contribution in [0.1, 0.15) is 15.3 Å². The van der Waals surface area contributed by atoms with E-state index in [0.29, 0.717) is 0 Å². The van der Waals surface area contributed by atoms with Crippen molar-refractivity contribution in [2.24, 2.45) is 0 Å². The molecule has 2 aromatic rings. The first-order valence-corrected chi connectivity index (χ1v) is 6.14. The molecule has 1 N–H and O–H groups in total. The third-order valence-electron chi connectivity index (χ3n) is 1.99. The Morgan fingerprint density at radius 2 is 2.29 bits per heavy atom. The molecule has 0 saturated heterocycles. The molecule has 0 aliphatic rings. The molecule has 0 aliphatic heterocycles. The Morgan fingerprint density at radius 1 is 1.43 bits per heavy atom. The Balaban J connectivity index is 1.98. The molecule has 0 aromatic carbocycles. The average molecular weight is 224 g/mol. The van der Waals surface area contributed by atoms with Crippen LogP contribution in [0, 0.1) is 13.8 Å². The van der Waals surface area contributed by atoms with E-state index in [1.54, 1.807) is 22.7 Å². The molecule has 2 nitrogen and oxygen atoms in total. The summed E-state index contributed by atoms with van der Waals surface area (Å²) < 4.78 is 0. The average Bonchev–Trinajstić information content (AvgIpc) is 2.72. The van der Waals surface area contributed by atoms with Crippen molar-refractivity contribution in [2.45, 2.75) is 20.4 Å². The Labute approximate surface area is 91.6 Å². The van der Waals surface area contributed by atoms with Gasteiger partial charge in [0, 0.05) is 16.0 Å². The fourth-order valence-corrected chi connectivity index (χ4v) is 2.68. The van der Waals surface area contributed by atoms with E-state index < -0.39 is 0 Å². The van der Waals surface area contributed by atoms with E-state index in [-0.39, 0.29) is 0 Å². The van der Waals surface area contributed by atoms with Gasteiger partial charge in [-0.15, -0.1) is 22.7 Å². The number of hydrogen-bond donors (Lipinski definition) is 1. The molecule has 2 rings (SSSR count). The normalized spacial score (nSPS) is 10.4. The second kappa shape index (κ2) is 4.11. The van der Waals surface area contributed by atoms with Crippen LogP contribution in [0.5, 0.6) is 0 Å². The zero-order valence-electron chi connectivity index (χ0n) is 8.20. The Kier molecular flexibility index (Phi) is 2.84. The molecule has 0 radical (unpaired) electrons. The van der Waals surface area contributed by atoms with Crippen LogP contribution in [-0.2, 0) is 6.54 Å². The van der Waals surface area contributed by atoms with Crippen LogP contribution in [0.4, 0.5) is 5.13 Å². The quantitative estimate of drug-likeness (QED) is 0.864. The largest absolute Gasteiger partial charge is 0.357 e. The van der Waals surface area contributed by atoms with Crippen molar-refractivity contribution in [1.82, 2.24) is 4.98 Å². The maximum atomic E-state index is 4.26. The van der Waals surface area contributed by atoms with Crippen LogP contribution in [-0.4, -0.2) is 4.98 Å². The summed E-state index contributed by atoms with van der Waals surface area (Å²) in [5.74, 6) is 0. The fourth-order valence-electron chi connectivity index (χ4n) is 1.18. The number of nitrogens with one attached hydrogen (secondary N) is 1. The molecule has 0 bridgehead atoms. The summed E-state index contributed by atoms with van der Waals surface area (Å²) in [6.45, 7) is 5.09. The van der Waals surface area contributed by atoms with Crippen LogP contribution in [0.25, 0.3) is 0 Å². The molecule has 4 heteroatoms. The summed E-state index contributed by atoms with van der Waals surface area (Å²) in [5.41, 5.74) is 1.36. The van der Waals surface area contributed by atoms with Gasteiger partial charge in [-0.25, -0.2) is 4.98 Å². The molecule has 14 heavy (non-hydrogen) atoms. The summed E-state index contributed by atoms with van der Waals surface area (Å²) in [4.78, 5) is 6.89. The lowest BCUT2D eigenvalue weighted by atomic mass is 10.3. The van der Waals surface area contributed by atoms with Crippen molar-refractivity contribution in [3.63, 3.8) is 0 Å². The Hall–Kier alpha value is -0.870. The molecule has 0 amide bonds. The molecular formula is C10H12N2S2. The van der Waals surface area contributed by atoms with E-state index in [1.165, 1.54) is 15.3 Å². The van der Waals surface area contributed by atoms with Crippen LogP contribution in [0.2, 0.25) is 0 Å². The highest BCUT2D eigenvalue weighted by Gasteiger charge is 2.01. The minimum Gasteiger partial charge on any atom is -0.357 e. The van der Waals surface area contributed by atoms with Gasteiger partial charge in [-0.2, -0.15) is 0 Å². The molecule has 0 atom stereocenters. The minimum atomic E-state index is 0.885. The lowest BCUT2D eigenvalue weighted by Gasteiger charge is -2.00. The van der Waals surface area contributed by atoms with E-state index in [2.05, 4.69) is 35.6 Å². The molecule has 2 heterocycles. The number of anilines is 1. The number of aromatic nitrogens is 1. The molecule has 74 valence electrons. The van der Waals surface area contributed by atoms with Crippen molar-refractivity contribution < 1.29 is 0 Å². The van der Waals surface area contributed by atoms with Crippen molar-refractivity contribution in [3.8, 4) is 0 Å². The highest BCUT2D eigenvalue weighted by atomic mass is 32.1. The molecule has 0 aliphatic carbocycles. The number of rotatable bonds is 3. The molecule has 2 aromatic heterocycles. The maximum absolute atomic E-state index is 4.26. The lowest BCUT2D eigenvalue weighted by molar-refractivity contribution is 1.15. The summed E-state index contributed by atoms with van der Waals surface area (Å²) in [6.07, 6.45) is 1.90. The summed E-state index contributed by atoms with van der Waals surface area (Å²) in [5, 5.41) is 6.46. The molecular weight excluding hydrogens is 212 g/mol. The van der Waals surface area contributed by atoms with Crippen LogP contribution < -0.4 is 5.32 Å². The number of aryl methyl sites for hydroxylation is 2. The van der Waals surface area contributed by atoms with Crippen molar-refractivity contribution in [3.05, 3.63) is 33.0 Å². The van der Waals surface area contributed by atoms with Gasteiger partial charge in [0.25, 0.3) is 0 Å². The van der Waals surface area contributed by atoms with Gasteiger partial charge in [0.05, 0.1) is 6.54 Å². The third kappa shape index (κ3) is 2.13. The fraction of sp³-hybridized carbons (Fsp3) is 0.300. The SMILES string of the molecule is Cc1cnc(NCc2sccc2C)s1. The Bertz CT molecular complexity index is 417. The molecule has 0 unspecified atom stereocenters. The van der Waals surface area contributed by atoms with Gasteiger partial charge in [0.2, 0.25) is 0 Å². The van der Waals surface area contributed by atoms with Gasteiger partial charge in [-0.05, 0) is 30.9 Å². The van der Waals surface area contributed by atoms with Gasteiger partial charge in [0.1, 0.15) is 0 Å². The first-order chi connectivity index (χ1) is 6.75. The first kappa shape index (κ1) is 9.68. The van der Waals surface area contributed by atoms with E-state index in [4.69, 9.17) is 0 Å². The number of nitrogens with zero attached hydrogens (tertiary/aromatic N) is 1. The van der Waals surface area contributed by atoms with Gasteiger partial charge in [0.15, 0.2) is 5.13 Å². The zero-order chi connectivity index (χ0) is 9.97. The van der Waals surface area contributed by atoms with E-state index in [9.17, 15) is 0 Å². The molecule has 0 saturated carbocycles. The van der Waals surface area contributed by atoms with Gasteiger partial charge >= 0.3 is 0 Å². The van der Waals surface area contributed by atoms with Gasteiger partial charge in [-0.1, -0.05) is 0 Å². The van der Waals surface area contributed by atoms with Crippen molar-refractivity contribution in [1.29, 1.82) is 0 Å². The van der Waals surface area contributed by atoms with E-state index in [0.717, 1.165) is 11.7 Å². The maximum Gasteiger partial charge on any atom is 0.183 e. The van der Waals surface area contributed by atoms with E-state index in [1.807, 2.05) is 6.20 Å².